The van der Waals surface area contributed by atoms with Gasteiger partial charge < -0.3 is 14.7 Å². The number of hydrogen-bond acceptors (Lipinski definition) is 4. The third kappa shape index (κ3) is 3.33. The fourth-order valence-electron chi connectivity index (χ4n) is 3.71. The van der Waals surface area contributed by atoms with Gasteiger partial charge in [0.15, 0.2) is 0 Å². The van der Waals surface area contributed by atoms with Gasteiger partial charge >= 0.3 is 5.97 Å². The van der Waals surface area contributed by atoms with Crippen molar-refractivity contribution in [3.8, 4) is 0 Å². The topological polar surface area (TPSA) is 49.8 Å². The Morgan fingerprint density at radius 1 is 1.27 bits per heavy atom. The summed E-state index contributed by atoms with van der Waals surface area (Å²) >= 11 is 0. The van der Waals surface area contributed by atoms with Crippen LogP contribution in [0, 0.1) is 0 Å². The van der Waals surface area contributed by atoms with Crippen molar-refractivity contribution in [3.05, 3.63) is 35.9 Å². The predicted molar refractivity (Wildman–Crippen MR) is 86.7 cm³/mol. The highest BCUT2D eigenvalue weighted by Crippen LogP contribution is 2.36. The molecule has 0 amide bonds. The molecule has 0 aliphatic carbocycles. The Balaban J connectivity index is 0.00000176. The summed E-state index contributed by atoms with van der Waals surface area (Å²) in [5.41, 5.74) is 0.820. The van der Waals surface area contributed by atoms with Crippen LogP contribution in [0.1, 0.15) is 44.6 Å². The molecular formula is C18H27NO3. The van der Waals surface area contributed by atoms with E-state index < -0.39 is 5.92 Å². The maximum Gasteiger partial charge on any atom is 0.316 e. The molecule has 1 N–H and O–H groups in total. The zero-order chi connectivity index (χ0) is 14.8. The van der Waals surface area contributed by atoms with Crippen LogP contribution in [0.4, 0.5) is 0 Å². The van der Waals surface area contributed by atoms with Gasteiger partial charge in [0.25, 0.3) is 0 Å². The van der Waals surface area contributed by atoms with Crippen molar-refractivity contribution in [1.29, 1.82) is 0 Å². The Kier molecular flexibility index (Phi) is 5.59. The molecule has 2 fully saturated rings. The summed E-state index contributed by atoms with van der Waals surface area (Å²) in [6.07, 6.45) is 4.26. The summed E-state index contributed by atoms with van der Waals surface area (Å²) in [4.78, 5) is 14.8. The minimum atomic E-state index is -0.566. The fourth-order valence-corrected chi connectivity index (χ4v) is 3.71. The molecule has 2 heterocycles. The van der Waals surface area contributed by atoms with Crippen molar-refractivity contribution in [3.63, 3.8) is 0 Å². The van der Waals surface area contributed by atoms with Gasteiger partial charge in [0.1, 0.15) is 12.0 Å². The van der Waals surface area contributed by atoms with Crippen molar-refractivity contribution in [2.75, 3.05) is 13.7 Å². The van der Waals surface area contributed by atoms with Gasteiger partial charge in [-0.2, -0.15) is 0 Å². The number of aliphatic hydroxyl groups excluding tert-OH is 1. The zero-order valence-electron chi connectivity index (χ0n) is 12.4. The Morgan fingerprint density at radius 2 is 1.86 bits per heavy atom. The lowest BCUT2D eigenvalue weighted by Gasteiger charge is -2.36. The summed E-state index contributed by atoms with van der Waals surface area (Å²) in [6.45, 7) is -0.206. The van der Waals surface area contributed by atoms with Crippen molar-refractivity contribution in [2.24, 2.45) is 0 Å². The largest absolute Gasteiger partial charge is 0.462 e. The second kappa shape index (κ2) is 7.25. The van der Waals surface area contributed by atoms with Gasteiger partial charge in [-0.05, 0) is 38.3 Å². The SMILES string of the molecule is C.CN1C2CC[C@H]1CC(OC(=O)[C@H](CO)c1ccccc1)C2. The molecule has 3 rings (SSSR count). The van der Waals surface area contributed by atoms with E-state index in [1.165, 1.54) is 12.8 Å². The molecule has 1 aromatic rings. The summed E-state index contributed by atoms with van der Waals surface area (Å²) in [5.74, 6) is -0.860. The van der Waals surface area contributed by atoms with Crippen LogP contribution in [0.15, 0.2) is 30.3 Å². The minimum Gasteiger partial charge on any atom is -0.462 e. The number of aliphatic hydroxyl groups is 1. The van der Waals surface area contributed by atoms with Crippen molar-refractivity contribution < 1.29 is 14.6 Å². The standard InChI is InChI=1S/C17H23NO3.CH4/c1-18-13-7-8-14(18)10-15(9-13)21-17(20)16(11-19)12-5-3-2-4-6-12;/h2-6,13-16,19H,7-11H2,1H3;1H4/t13-,14?,15?,16+;/m0./s1. The van der Waals surface area contributed by atoms with E-state index >= 15 is 0 Å². The Labute approximate surface area is 133 Å². The van der Waals surface area contributed by atoms with Crippen LogP contribution in [0.5, 0.6) is 0 Å². The van der Waals surface area contributed by atoms with Crippen LogP contribution in [-0.4, -0.2) is 47.8 Å². The van der Waals surface area contributed by atoms with E-state index in [1.807, 2.05) is 30.3 Å². The molecule has 122 valence electrons. The van der Waals surface area contributed by atoms with Crippen molar-refractivity contribution in [2.45, 2.75) is 57.2 Å². The number of hydrogen-bond donors (Lipinski definition) is 1. The molecule has 2 unspecified atom stereocenters. The zero-order valence-corrected chi connectivity index (χ0v) is 12.4. The van der Waals surface area contributed by atoms with Crippen molar-refractivity contribution in [1.82, 2.24) is 4.90 Å². The lowest BCUT2D eigenvalue weighted by atomic mass is 9.98. The normalized spacial score (nSPS) is 28.7. The summed E-state index contributed by atoms with van der Waals surface area (Å²) in [6, 6.07) is 10.5. The molecule has 22 heavy (non-hydrogen) atoms. The number of esters is 1. The molecule has 4 heteroatoms. The lowest BCUT2D eigenvalue weighted by molar-refractivity contribution is -0.155. The first-order valence-electron chi connectivity index (χ1n) is 7.77. The first-order valence-corrected chi connectivity index (χ1v) is 7.77. The molecule has 0 aromatic heterocycles. The van der Waals surface area contributed by atoms with E-state index in [2.05, 4.69) is 11.9 Å². The number of ether oxygens (including phenoxy) is 1. The number of nitrogens with zero attached hydrogens (tertiary/aromatic N) is 1. The number of fused-ring (bicyclic) bond motifs is 2. The monoisotopic (exact) mass is 305 g/mol. The van der Waals surface area contributed by atoms with E-state index in [4.69, 9.17) is 4.74 Å². The first kappa shape index (κ1) is 17.0. The van der Waals surface area contributed by atoms with Crippen LogP contribution in [0.2, 0.25) is 0 Å². The molecule has 0 radical (unpaired) electrons. The second-order valence-corrected chi connectivity index (χ2v) is 6.23. The van der Waals surface area contributed by atoms with E-state index in [1.54, 1.807) is 0 Å². The van der Waals surface area contributed by atoms with Crippen LogP contribution in [-0.2, 0) is 9.53 Å². The first-order chi connectivity index (χ1) is 10.2. The Bertz CT molecular complexity index is 476. The minimum absolute atomic E-state index is 0. The van der Waals surface area contributed by atoms with Gasteiger partial charge in [-0.15, -0.1) is 0 Å². The van der Waals surface area contributed by atoms with Crippen molar-refractivity contribution >= 4 is 5.97 Å². The number of piperidine rings is 1. The summed E-state index contributed by atoms with van der Waals surface area (Å²) in [5, 5.41) is 9.53. The molecule has 0 saturated carbocycles. The van der Waals surface area contributed by atoms with Gasteiger partial charge in [-0.25, -0.2) is 0 Å². The quantitative estimate of drug-likeness (QED) is 0.869. The Hall–Kier alpha value is -1.39. The third-order valence-electron chi connectivity index (χ3n) is 5.01. The van der Waals surface area contributed by atoms with Gasteiger partial charge in [0.2, 0.25) is 0 Å². The highest BCUT2D eigenvalue weighted by Gasteiger charge is 2.40. The summed E-state index contributed by atoms with van der Waals surface area (Å²) < 4.78 is 5.70. The van der Waals surface area contributed by atoms with E-state index in [0.717, 1.165) is 18.4 Å². The maximum absolute atomic E-state index is 12.4. The maximum atomic E-state index is 12.4. The van der Waals surface area contributed by atoms with Crippen LogP contribution in [0.25, 0.3) is 0 Å². The molecule has 4 nitrogen and oxygen atoms in total. The molecule has 2 aliphatic heterocycles. The number of benzene rings is 1. The van der Waals surface area contributed by atoms with Crippen LogP contribution >= 0.6 is 0 Å². The van der Waals surface area contributed by atoms with E-state index in [-0.39, 0.29) is 26.1 Å². The molecule has 0 spiro atoms. The second-order valence-electron chi connectivity index (χ2n) is 6.23. The third-order valence-corrected chi connectivity index (χ3v) is 5.01. The predicted octanol–water partition coefficient (Wildman–Crippen LogP) is 2.57. The molecule has 2 bridgehead atoms. The number of carbonyl (C=O) groups excluding carboxylic acids is 1. The van der Waals surface area contributed by atoms with Gasteiger partial charge in [0.05, 0.1) is 6.61 Å². The molecule has 1 aromatic carbocycles. The average Bonchev–Trinajstić information content (AvgIpc) is 2.72. The fraction of sp³-hybridized carbons (Fsp3) is 0.611. The Morgan fingerprint density at radius 3 is 2.41 bits per heavy atom. The lowest BCUT2D eigenvalue weighted by Crippen LogP contribution is -2.43. The van der Waals surface area contributed by atoms with Crippen LogP contribution in [0.3, 0.4) is 0 Å². The average molecular weight is 305 g/mol. The smallest absolute Gasteiger partial charge is 0.316 e. The highest BCUT2D eigenvalue weighted by molar-refractivity contribution is 5.78. The van der Waals surface area contributed by atoms with E-state index in [0.29, 0.717) is 12.1 Å². The molecule has 2 saturated heterocycles. The molecular weight excluding hydrogens is 278 g/mol. The summed E-state index contributed by atoms with van der Waals surface area (Å²) in [7, 11) is 2.17. The number of rotatable bonds is 4. The van der Waals surface area contributed by atoms with E-state index in [9.17, 15) is 9.90 Å². The highest BCUT2D eigenvalue weighted by atomic mass is 16.5. The van der Waals surface area contributed by atoms with Gasteiger partial charge in [0, 0.05) is 12.1 Å². The van der Waals surface area contributed by atoms with Gasteiger partial charge in [-0.3, -0.25) is 4.79 Å². The van der Waals surface area contributed by atoms with Gasteiger partial charge in [-0.1, -0.05) is 37.8 Å². The number of carbonyl (C=O) groups is 1. The molecule has 4 atom stereocenters. The molecule has 2 aliphatic rings. The van der Waals surface area contributed by atoms with Crippen LogP contribution < -0.4 is 0 Å².